The minimum atomic E-state index is 0.583. The van der Waals surface area contributed by atoms with Gasteiger partial charge in [0.15, 0.2) is 5.13 Å². The van der Waals surface area contributed by atoms with Crippen molar-refractivity contribution < 1.29 is 0 Å². The predicted octanol–water partition coefficient (Wildman–Crippen LogP) is 4.06. The highest BCUT2D eigenvalue weighted by Gasteiger charge is 2.26. The fourth-order valence-corrected chi connectivity index (χ4v) is 6.18. The second-order valence-electron chi connectivity index (χ2n) is 7.40. The summed E-state index contributed by atoms with van der Waals surface area (Å²) in [6, 6.07) is 10.2. The Morgan fingerprint density at radius 2 is 2.00 bits per heavy atom. The number of rotatable bonds is 3. The highest BCUT2D eigenvalue weighted by atomic mass is 32.1. The molecule has 1 aliphatic carbocycles. The molecule has 0 bridgehead atoms. The largest absolute Gasteiger partial charge is 0.375 e. The number of thiazole rings is 1. The van der Waals surface area contributed by atoms with Gasteiger partial charge in [-0.1, -0.05) is 6.07 Å². The monoisotopic (exact) mass is 384 g/mol. The molecule has 1 fully saturated rings. The van der Waals surface area contributed by atoms with Crippen molar-refractivity contribution in [2.45, 2.75) is 44.2 Å². The third-order valence-corrected chi connectivity index (χ3v) is 7.57. The zero-order chi connectivity index (χ0) is 17.5. The molecule has 2 aliphatic rings. The van der Waals surface area contributed by atoms with Crippen LogP contribution in [0.15, 0.2) is 29.6 Å². The molecule has 1 saturated heterocycles. The van der Waals surface area contributed by atoms with E-state index in [2.05, 4.69) is 44.8 Å². The van der Waals surface area contributed by atoms with Crippen LogP contribution in [-0.2, 0) is 12.8 Å². The van der Waals surface area contributed by atoms with Gasteiger partial charge < -0.3 is 16.0 Å². The summed E-state index contributed by atoms with van der Waals surface area (Å²) in [6.07, 6.45) is 5.78. The molecule has 3 N–H and O–H groups in total. The van der Waals surface area contributed by atoms with Gasteiger partial charge in [0.2, 0.25) is 0 Å². The third kappa shape index (κ3) is 3.10. The Morgan fingerprint density at radius 1 is 1.12 bits per heavy atom. The zero-order valence-corrected chi connectivity index (χ0v) is 16.4. The lowest BCUT2D eigenvalue weighted by Gasteiger charge is -2.36. The molecule has 5 rings (SSSR count). The number of nitrogen functional groups attached to an aromatic ring is 1. The number of anilines is 2. The van der Waals surface area contributed by atoms with Crippen LogP contribution in [0.25, 0.3) is 10.1 Å². The van der Waals surface area contributed by atoms with Crippen molar-refractivity contribution in [3.63, 3.8) is 0 Å². The third-order valence-electron chi connectivity index (χ3n) is 5.74. The predicted molar refractivity (Wildman–Crippen MR) is 113 cm³/mol. The first-order valence-corrected chi connectivity index (χ1v) is 11.2. The number of fused-ring (bicyclic) bond motifs is 2. The summed E-state index contributed by atoms with van der Waals surface area (Å²) >= 11 is 3.51. The summed E-state index contributed by atoms with van der Waals surface area (Å²) < 4.78 is 1.39. The number of aromatic nitrogens is 1. The standard InChI is InChI=1S/C20H24N4S2/c21-20-23-16-5-4-14(12-19(16)26-20)22-13-6-9-24(10-7-13)17-2-1-3-18-15(17)8-11-25-18/h1-3,8,11,13-14,22H,4-7,9-10,12H2,(H2,21,23)/t14-/m0/s1. The Morgan fingerprint density at radius 3 is 2.88 bits per heavy atom. The summed E-state index contributed by atoms with van der Waals surface area (Å²) in [5, 5.41) is 8.26. The van der Waals surface area contributed by atoms with Crippen molar-refractivity contribution >= 4 is 43.6 Å². The van der Waals surface area contributed by atoms with E-state index in [1.807, 2.05) is 11.3 Å². The number of hydrogen-bond acceptors (Lipinski definition) is 6. The quantitative estimate of drug-likeness (QED) is 0.715. The van der Waals surface area contributed by atoms with E-state index in [1.165, 1.54) is 45.6 Å². The van der Waals surface area contributed by atoms with Crippen molar-refractivity contribution in [3.8, 4) is 0 Å². The second-order valence-corrected chi connectivity index (χ2v) is 9.46. The van der Waals surface area contributed by atoms with Crippen molar-refractivity contribution in [3.05, 3.63) is 40.2 Å². The number of nitrogens with two attached hydrogens (primary N) is 1. The lowest BCUT2D eigenvalue weighted by Crippen LogP contribution is -2.47. The minimum absolute atomic E-state index is 0.583. The first-order chi connectivity index (χ1) is 12.8. The summed E-state index contributed by atoms with van der Waals surface area (Å²) in [7, 11) is 0. The summed E-state index contributed by atoms with van der Waals surface area (Å²) in [6.45, 7) is 2.27. The van der Waals surface area contributed by atoms with Gasteiger partial charge in [0, 0.05) is 45.8 Å². The molecule has 0 spiro atoms. The number of aryl methyl sites for hydroxylation is 1. The molecule has 26 heavy (non-hydrogen) atoms. The average Bonchev–Trinajstić information content (AvgIpc) is 3.27. The molecular weight excluding hydrogens is 360 g/mol. The van der Waals surface area contributed by atoms with Gasteiger partial charge in [-0.25, -0.2) is 4.98 Å². The average molecular weight is 385 g/mol. The topological polar surface area (TPSA) is 54.2 Å². The Kier molecular flexibility index (Phi) is 4.35. The molecule has 1 atom stereocenters. The molecule has 0 saturated carbocycles. The van der Waals surface area contributed by atoms with E-state index in [0.717, 1.165) is 31.1 Å². The number of piperidine rings is 1. The van der Waals surface area contributed by atoms with Gasteiger partial charge in [0.25, 0.3) is 0 Å². The van der Waals surface area contributed by atoms with Gasteiger partial charge in [-0.2, -0.15) is 0 Å². The van der Waals surface area contributed by atoms with Crippen LogP contribution in [0.1, 0.15) is 29.8 Å². The number of benzene rings is 1. The Hall–Kier alpha value is -1.63. The van der Waals surface area contributed by atoms with Gasteiger partial charge in [-0.3, -0.25) is 0 Å². The molecule has 0 unspecified atom stereocenters. The normalized spacial score (nSPS) is 21.2. The minimum Gasteiger partial charge on any atom is -0.375 e. The van der Waals surface area contributed by atoms with Crippen LogP contribution in [0, 0.1) is 0 Å². The molecule has 1 aliphatic heterocycles. The van der Waals surface area contributed by atoms with E-state index in [-0.39, 0.29) is 0 Å². The van der Waals surface area contributed by atoms with E-state index in [1.54, 1.807) is 11.3 Å². The van der Waals surface area contributed by atoms with Crippen LogP contribution in [0.3, 0.4) is 0 Å². The number of thiophene rings is 1. The zero-order valence-electron chi connectivity index (χ0n) is 14.8. The van der Waals surface area contributed by atoms with E-state index in [4.69, 9.17) is 5.73 Å². The van der Waals surface area contributed by atoms with Gasteiger partial charge in [0.1, 0.15) is 0 Å². The molecule has 136 valence electrons. The Bertz CT molecular complexity index is 908. The van der Waals surface area contributed by atoms with Crippen LogP contribution in [0.2, 0.25) is 0 Å². The van der Waals surface area contributed by atoms with Crippen LogP contribution in [0.4, 0.5) is 10.8 Å². The summed E-state index contributed by atoms with van der Waals surface area (Å²) in [4.78, 5) is 8.42. The maximum Gasteiger partial charge on any atom is 0.180 e. The van der Waals surface area contributed by atoms with Crippen molar-refractivity contribution in [2.24, 2.45) is 0 Å². The number of nitrogens with one attached hydrogen (secondary N) is 1. The summed E-state index contributed by atoms with van der Waals surface area (Å²) in [5.74, 6) is 0. The molecule has 0 radical (unpaired) electrons. The summed E-state index contributed by atoms with van der Waals surface area (Å²) in [5.41, 5.74) is 8.52. The fourth-order valence-electron chi connectivity index (χ4n) is 4.41. The molecular formula is C20H24N4S2. The number of hydrogen-bond donors (Lipinski definition) is 2. The lowest BCUT2D eigenvalue weighted by atomic mass is 9.95. The Labute approximate surface area is 162 Å². The SMILES string of the molecule is Nc1nc2c(s1)C[C@@H](NC1CCN(c3cccc4sccc34)CC1)CC2. The fraction of sp³-hybridized carbons (Fsp3) is 0.450. The van der Waals surface area contributed by atoms with Crippen LogP contribution in [0.5, 0.6) is 0 Å². The molecule has 0 amide bonds. The molecule has 6 heteroatoms. The molecule has 3 aromatic rings. The maximum absolute atomic E-state index is 5.87. The van der Waals surface area contributed by atoms with E-state index >= 15 is 0 Å². The van der Waals surface area contributed by atoms with Gasteiger partial charge in [-0.05, 0) is 55.7 Å². The van der Waals surface area contributed by atoms with Crippen LogP contribution in [-0.4, -0.2) is 30.2 Å². The van der Waals surface area contributed by atoms with E-state index < -0.39 is 0 Å². The molecule has 4 nitrogen and oxygen atoms in total. The van der Waals surface area contributed by atoms with Gasteiger partial charge >= 0.3 is 0 Å². The molecule has 1 aromatic carbocycles. The Balaban J connectivity index is 1.21. The highest BCUT2D eigenvalue weighted by Crippen LogP contribution is 2.33. The van der Waals surface area contributed by atoms with Gasteiger partial charge in [0.05, 0.1) is 5.69 Å². The van der Waals surface area contributed by atoms with Crippen molar-refractivity contribution in [2.75, 3.05) is 23.7 Å². The molecule has 3 heterocycles. The first-order valence-electron chi connectivity index (χ1n) is 9.47. The van der Waals surface area contributed by atoms with Crippen LogP contribution < -0.4 is 16.0 Å². The second kappa shape index (κ2) is 6.83. The van der Waals surface area contributed by atoms with E-state index in [0.29, 0.717) is 12.1 Å². The smallest absolute Gasteiger partial charge is 0.180 e. The molecule has 2 aromatic heterocycles. The highest BCUT2D eigenvalue weighted by molar-refractivity contribution is 7.17. The van der Waals surface area contributed by atoms with Crippen molar-refractivity contribution in [1.82, 2.24) is 10.3 Å². The first kappa shape index (κ1) is 16.5. The van der Waals surface area contributed by atoms with Crippen LogP contribution >= 0.6 is 22.7 Å². The number of nitrogens with zero attached hydrogens (tertiary/aromatic N) is 2. The van der Waals surface area contributed by atoms with Crippen molar-refractivity contribution in [1.29, 1.82) is 0 Å². The maximum atomic E-state index is 5.87. The van der Waals surface area contributed by atoms with E-state index in [9.17, 15) is 0 Å². The lowest BCUT2D eigenvalue weighted by molar-refractivity contribution is 0.346. The van der Waals surface area contributed by atoms with Gasteiger partial charge in [-0.15, -0.1) is 22.7 Å².